The summed E-state index contributed by atoms with van der Waals surface area (Å²) < 4.78 is 11.8. The van der Waals surface area contributed by atoms with E-state index < -0.39 is 5.43 Å². The van der Waals surface area contributed by atoms with E-state index in [1.54, 1.807) is 36.4 Å². The van der Waals surface area contributed by atoms with Gasteiger partial charge < -0.3 is 15.2 Å². The summed E-state index contributed by atoms with van der Waals surface area (Å²) >= 11 is 11.9. The number of fused-ring (bicyclic) bond motifs is 2. The number of anilines is 1. The Bertz CT molecular complexity index is 2560. The maximum Gasteiger partial charge on any atom is 0.409 e. The number of rotatable bonds is 6. The quantitative estimate of drug-likeness (QED) is 0.0759. The van der Waals surface area contributed by atoms with Crippen LogP contribution in [0.3, 0.4) is 0 Å². The molecule has 9 nitrogen and oxygen atoms in total. The Morgan fingerprint density at radius 2 is 1.07 bits per heavy atom. The highest BCUT2D eigenvalue weighted by Crippen LogP contribution is 2.30. The number of hydrogen-bond donors (Lipinski definition) is 1. The third-order valence-corrected chi connectivity index (χ3v) is 9.91. The lowest BCUT2D eigenvalue weighted by Crippen LogP contribution is -2.11. The van der Waals surface area contributed by atoms with Gasteiger partial charge in [0.1, 0.15) is 23.1 Å². The largest absolute Gasteiger partial charge is 0.426 e. The van der Waals surface area contributed by atoms with Gasteiger partial charge >= 0.3 is 11.4 Å². The summed E-state index contributed by atoms with van der Waals surface area (Å²) in [5.41, 5.74) is 13.2. The molecule has 6 aromatic carbocycles. The van der Waals surface area contributed by atoms with E-state index in [4.69, 9.17) is 27.1 Å². The summed E-state index contributed by atoms with van der Waals surface area (Å²) in [6, 6.07) is 44.4. The number of carbonyl (C=O) groups is 4. The molecule has 296 valence electrons. The third-order valence-electron chi connectivity index (χ3n) is 8.84. The molecule has 0 aliphatic carbocycles. The number of benzene rings is 6. The molecule has 12 heteroatoms. The number of esters is 1. The van der Waals surface area contributed by atoms with Crippen molar-refractivity contribution in [2.45, 2.75) is 32.1 Å². The van der Waals surface area contributed by atoms with Crippen LogP contribution in [0.5, 0.6) is 11.5 Å². The minimum absolute atomic E-state index is 0.103. The predicted octanol–water partition coefficient (Wildman–Crippen LogP) is 11.3. The second-order valence-corrected chi connectivity index (χ2v) is 15.5. The van der Waals surface area contributed by atoms with Crippen LogP contribution in [0.15, 0.2) is 165 Å². The van der Waals surface area contributed by atoms with Crippen molar-refractivity contribution in [2.75, 3.05) is 5.73 Å². The number of ether oxygens (including phenoxy) is 2. The molecule has 0 saturated carbocycles. The maximum absolute atomic E-state index is 12.5. The van der Waals surface area contributed by atoms with Crippen molar-refractivity contribution in [3.8, 4) is 11.5 Å². The lowest BCUT2D eigenvalue weighted by molar-refractivity contribution is -0.133. The van der Waals surface area contributed by atoms with Crippen LogP contribution >= 0.6 is 43.5 Å². The van der Waals surface area contributed by atoms with Gasteiger partial charge in [-0.3, -0.25) is 24.4 Å². The Hall–Kier alpha value is -6.01. The monoisotopic (exact) mass is 931 g/mol. The number of ketones is 2. The minimum atomic E-state index is -0.814. The molecule has 0 saturated heterocycles. The number of nitrogens with zero attached hydrogens (tertiary/aromatic N) is 2. The number of para-hydroxylation sites is 2. The molecule has 2 aliphatic rings. The first-order valence-corrected chi connectivity index (χ1v) is 20.3. The summed E-state index contributed by atoms with van der Waals surface area (Å²) in [6.07, 6.45) is 1.47. The molecular weight excluding hydrogens is 898 g/mol. The highest BCUT2D eigenvalue weighted by atomic mass is 79.9. The molecule has 0 spiro atoms. The zero-order valence-electron chi connectivity index (χ0n) is 31.4. The maximum atomic E-state index is 12.5. The summed E-state index contributed by atoms with van der Waals surface area (Å²) in [5, 5.41) is 0. The molecule has 0 aromatic heterocycles. The highest BCUT2D eigenvalue weighted by Gasteiger charge is 2.20. The molecule has 2 N–H and O–H groups in total. The van der Waals surface area contributed by atoms with Crippen LogP contribution in [-0.4, -0.2) is 34.4 Å². The first-order chi connectivity index (χ1) is 28.5. The molecule has 0 amide bonds. The molecule has 2 heterocycles. The lowest BCUT2D eigenvalue weighted by atomic mass is 10.0. The number of nitrogen functional groups attached to an aromatic ring is 1. The minimum Gasteiger partial charge on any atom is -0.426 e. The molecule has 0 unspecified atom stereocenters. The van der Waals surface area contributed by atoms with Crippen LogP contribution in [0.4, 0.5) is 21.9 Å². The van der Waals surface area contributed by atoms with Crippen molar-refractivity contribution in [3.63, 3.8) is 0 Å². The molecule has 6 aromatic rings. The Balaban J connectivity index is 0.000000168. The van der Waals surface area contributed by atoms with E-state index in [-0.39, 0.29) is 30.4 Å². The van der Waals surface area contributed by atoms with Crippen LogP contribution in [-0.2, 0) is 33.6 Å². The highest BCUT2D eigenvalue weighted by molar-refractivity contribution is 9.10. The Morgan fingerprint density at radius 3 is 1.58 bits per heavy atom. The van der Waals surface area contributed by atoms with Gasteiger partial charge in [-0.15, -0.1) is 0 Å². The van der Waals surface area contributed by atoms with Crippen molar-refractivity contribution in [1.29, 1.82) is 0 Å². The van der Waals surface area contributed by atoms with E-state index in [1.165, 1.54) is 0 Å². The summed E-state index contributed by atoms with van der Waals surface area (Å²) in [4.78, 5) is 56.4. The number of carbonyl (C=O) groups excluding carboxylic acids is 4. The zero-order chi connectivity index (χ0) is 41.7. The smallest absolute Gasteiger partial charge is 0.409 e. The molecule has 0 atom stereocenters. The van der Waals surface area contributed by atoms with E-state index in [0.717, 1.165) is 59.6 Å². The van der Waals surface area contributed by atoms with Gasteiger partial charge in [-0.25, -0.2) is 4.79 Å². The number of Topliss-reactive ketones (excluding diaryl/α,β-unsaturated/α-hetero) is 2. The van der Waals surface area contributed by atoms with Crippen molar-refractivity contribution >= 4 is 94.9 Å². The van der Waals surface area contributed by atoms with Crippen LogP contribution < -0.4 is 15.2 Å². The average molecular weight is 934 g/mol. The molecule has 8 rings (SSSR count). The van der Waals surface area contributed by atoms with Gasteiger partial charge in [0.25, 0.3) is 0 Å². The van der Waals surface area contributed by atoms with Gasteiger partial charge in [-0.1, -0.05) is 105 Å². The van der Waals surface area contributed by atoms with E-state index in [2.05, 4.69) is 41.6 Å². The molecule has 0 bridgehead atoms. The standard InChI is InChI=1S/C24H18BrNO3.C16H13BrN2O.C7H5ClO2/c25-19-6-4-5-17(13-19)23-15-20(27)14-18-11-16(9-10-22(18)26-23)12-24(28)29-21-7-2-1-3-8-21;17-12-3-1-2-10(6-12)16-9-14(20)8-11-7-13(18)4-5-15(11)19-16;8-7(9)10-6-4-2-1-3-5-6/h1-11,13H,12,14-15H2;1-7H,8-9,18H2;1-5H. The van der Waals surface area contributed by atoms with Crippen LogP contribution in [0.25, 0.3) is 0 Å². The fourth-order valence-corrected chi connectivity index (χ4v) is 7.11. The number of nitrogens with two attached hydrogens (primary N) is 1. The Kier molecular flexibility index (Phi) is 14.9. The van der Waals surface area contributed by atoms with Crippen molar-refractivity contribution in [1.82, 2.24) is 0 Å². The Morgan fingerprint density at radius 1 is 0.576 bits per heavy atom. The fraction of sp³-hybridized carbons (Fsp3) is 0.106. The number of aliphatic imine (C=N–C) groups is 2. The van der Waals surface area contributed by atoms with Crippen LogP contribution in [0.1, 0.15) is 40.7 Å². The van der Waals surface area contributed by atoms with Gasteiger partial charge in [0.2, 0.25) is 0 Å². The van der Waals surface area contributed by atoms with Crippen LogP contribution in [0, 0.1) is 0 Å². The first-order valence-electron chi connectivity index (χ1n) is 18.4. The number of hydrogen-bond acceptors (Lipinski definition) is 9. The summed E-state index contributed by atoms with van der Waals surface area (Å²) in [7, 11) is 0. The van der Waals surface area contributed by atoms with Crippen molar-refractivity contribution < 1.29 is 28.7 Å². The molecular formula is C47H36Br2ClN3O6. The summed E-state index contributed by atoms with van der Waals surface area (Å²) in [6.45, 7) is 0. The second-order valence-electron chi connectivity index (χ2n) is 13.4. The van der Waals surface area contributed by atoms with Crippen molar-refractivity contribution in [2.24, 2.45) is 9.98 Å². The van der Waals surface area contributed by atoms with Gasteiger partial charge in [0.15, 0.2) is 0 Å². The van der Waals surface area contributed by atoms with Crippen molar-refractivity contribution in [3.05, 3.63) is 182 Å². The average Bonchev–Trinajstić information content (AvgIpc) is 3.48. The van der Waals surface area contributed by atoms with E-state index >= 15 is 0 Å². The van der Waals surface area contributed by atoms with Gasteiger partial charge in [-0.2, -0.15) is 0 Å². The molecule has 0 radical (unpaired) electrons. The van der Waals surface area contributed by atoms with Gasteiger partial charge in [-0.05, 0) is 101 Å². The molecule has 2 aliphatic heterocycles. The molecule has 0 fully saturated rings. The van der Waals surface area contributed by atoms with Crippen LogP contribution in [0.2, 0.25) is 0 Å². The normalized spacial score (nSPS) is 12.9. The SMILES string of the molecule is Nc1ccc2c(c1)CC(=O)CC(c1cccc(Br)c1)=N2.O=C(Cl)Oc1ccccc1.O=C1CC(c2cccc(Br)c2)=Nc2ccc(CC(=O)Oc3ccccc3)cc2C1. The zero-order valence-corrected chi connectivity index (χ0v) is 35.4. The second kappa shape index (κ2) is 20.6. The van der Waals surface area contributed by atoms with E-state index in [0.29, 0.717) is 36.4 Å². The first kappa shape index (κ1) is 42.6. The topological polar surface area (TPSA) is 137 Å². The van der Waals surface area contributed by atoms with Gasteiger partial charge in [0, 0.05) is 51.9 Å². The summed E-state index contributed by atoms with van der Waals surface area (Å²) in [5.74, 6) is 0.905. The molecule has 59 heavy (non-hydrogen) atoms. The fourth-order valence-electron chi connectivity index (χ4n) is 6.22. The van der Waals surface area contributed by atoms with E-state index in [1.807, 2.05) is 109 Å². The van der Waals surface area contributed by atoms with E-state index in [9.17, 15) is 19.2 Å². The van der Waals surface area contributed by atoms with Gasteiger partial charge in [0.05, 0.1) is 29.2 Å². The Labute approximate surface area is 363 Å². The lowest BCUT2D eigenvalue weighted by Gasteiger charge is -2.08. The third kappa shape index (κ3) is 13.0. The predicted molar refractivity (Wildman–Crippen MR) is 239 cm³/mol. The number of halogens is 3.